The van der Waals surface area contributed by atoms with Crippen molar-refractivity contribution >= 4 is 0 Å². The van der Waals surface area contributed by atoms with Gasteiger partial charge in [0, 0.05) is 24.1 Å². The lowest BCUT2D eigenvalue weighted by molar-refractivity contribution is -0.116. The van der Waals surface area contributed by atoms with Crippen LogP contribution in [0.1, 0.15) is 20.8 Å². The number of rotatable bonds is 7. The van der Waals surface area contributed by atoms with Gasteiger partial charge in [0.1, 0.15) is 17.4 Å². The Morgan fingerprint density at radius 3 is 2.15 bits per heavy atom. The molecule has 1 aromatic carbocycles. The first-order valence-corrected chi connectivity index (χ1v) is 6.47. The number of benzene rings is 1. The lowest BCUT2D eigenvalue weighted by Crippen LogP contribution is -2.40. The van der Waals surface area contributed by atoms with Crippen molar-refractivity contribution < 1.29 is 23.4 Å². The van der Waals surface area contributed by atoms with E-state index in [4.69, 9.17) is 15.2 Å². The molecular weight excluding hydrogens is 268 g/mol. The first kappa shape index (κ1) is 16.8. The summed E-state index contributed by atoms with van der Waals surface area (Å²) >= 11 is 0. The maximum absolute atomic E-state index is 13.1. The molecule has 3 atom stereocenters. The molecule has 0 aliphatic heterocycles. The summed E-state index contributed by atoms with van der Waals surface area (Å²) in [7, 11) is 0. The molecule has 0 aliphatic rings. The monoisotopic (exact) mass is 289 g/mol. The van der Waals surface area contributed by atoms with Crippen LogP contribution in [-0.4, -0.2) is 30.1 Å². The number of hydrogen-bond donors (Lipinski definition) is 2. The van der Waals surface area contributed by atoms with E-state index in [9.17, 15) is 13.9 Å². The molecule has 1 rings (SSSR count). The van der Waals surface area contributed by atoms with Gasteiger partial charge in [0.15, 0.2) is 0 Å². The molecule has 1 aromatic rings. The molecule has 114 valence electrons. The summed E-state index contributed by atoms with van der Waals surface area (Å²) < 4.78 is 37.1. The number of ether oxygens (including phenoxy) is 2. The Balaban J connectivity index is 2.67. The number of hydrogen-bond acceptors (Lipinski definition) is 4. The zero-order chi connectivity index (χ0) is 15.3. The third kappa shape index (κ3) is 5.40. The van der Waals surface area contributed by atoms with Gasteiger partial charge in [-0.15, -0.1) is 0 Å². The van der Waals surface area contributed by atoms with Gasteiger partial charge in [-0.05, 0) is 6.92 Å². The number of halogens is 2. The molecule has 0 bridgehead atoms. The van der Waals surface area contributed by atoms with Crippen molar-refractivity contribution in [1.29, 1.82) is 0 Å². The molecule has 0 radical (unpaired) electrons. The van der Waals surface area contributed by atoms with E-state index in [0.29, 0.717) is 0 Å². The minimum absolute atomic E-state index is 0.0480. The summed E-state index contributed by atoms with van der Waals surface area (Å²) in [6.45, 7) is 5.32. The summed E-state index contributed by atoms with van der Waals surface area (Å²) in [6, 6.07) is 2.37. The third-order valence-electron chi connectivity index (χ3n) is 2.71. The predicted molar refractivity (Wildman–Crippen MR) is 71.2 cm³/mol. The van der Waals surface area contributed by atoms with E-state index >= 15 is 0 Å². The van der Waals surface area contributed by atoms with E-state index in [1.54, 1.807) is 6.92 Å². The Kier molecular flexibility index (Phi) is 6.32. The highest BCUT2D eigenvalue weighted by Crippen LogP contribution is 2.20. The highest BCUT2D eigenvalue weighted by Gasteiger charge is 2.19. The summed E-state index contributed by atoms with van der Waals surface area (Å²) in [4.78, 5) is 0. The third-order valence-corrected chi connectivity index (χ3v) is 2.71. The van der Waals surface area contributed by atoms with Crippen LogP contribution in [0, 0.1) is 17.6 Å². The maximum Gasteiger partial charge on any atom is 0.202 e. The lowest BCUT2D eigenvalue weighted by Gasteiger charge is -2.25. The predicted octanol–water partition coefficient (Wildman–Crippen LogP) is 2.05. The lowest BCUT2D eigenvalue weighted by atomic mass is 10.2. The molecule has 0 fully saturated rings. The van der Waals surface area contributed by atoms with Gasteiger partial charge >= 0.3 is 0 Å². The van der Waals surface area contributed by atoms with E-state index in [2.05, 4.69) is 0 Å². The van der Waals surface area contributed by atoms with Crippen LogP contribution in [0.3, 0.4) is 0 Å². The zero-order valence-electron chi connectivity index (χ0n) is 11.8. The highest BCUT2D eigenvalue weighted by atomic mass is 19.1. The van der Waals surface area contributed by atoms with Gasteiger partial charge in [-0.25, -0.2) is 8.78 Å². The molecular formula is C14H21F2NO3. The minimum atomic E-state index is -0.719. The summed E-state index contributed by atoms with van der Waals surface area (Å²) in [5.41, 5.74) is 5.66. The van der Waals surface area contributed by atoms with E-state index in [-0.39, 0.29) is 18.3 Å². The molecule has 3 unspecified atom stereocenters. The van der Waals surface area contributed by atoms with Crippen molar-refractivity contribution in [3.05, 3.63) is 29.8 Å². The molecule has 0 saturated carbocycles. The standard InChI is InChI=1S/C14H21F2NO3/c1-8(2)14(19-7-13(17)9(3)18)20-12-5-10(15)4-11(16)6-12/h4-6,8-9,13-14,18H,7,17H2,1-3H3. The number of aliphatic hydroxyl groups excluding tert-OH is 1. The van der Waals surface area contributed by atoms with Crippen molar-refractivity contribution in [1.82, 2.24) is 0 Å². The first-order valence-electron chi connectivity index (χ1n) is 6.47. The Hall–Kier alpha value is -1.24. The Morgan fingerprint density at radius 2 is 1.70 bits per heavy atom. The molecule has 0 aliphatic carbocycles. The normalized spacial score (nSPS) is 16.0. The van der Waals surface area contributed by atoms with Gasteiger partial charge in [-0.3, -0.25) is 0 Å². The fourth-order valence-electron chi connectivity index (χ4n) is 1.44. The molecule has 0 saturated heterocycles. The number of nitrogens with two attached hydrogens (primary N) is 1. The summed E-state index contributed by atoms with van der Waals surface area (Å²) in [5.74, 6) is -1.44. The fraction of sp³-hybridized carbons (Fsp3) is 0.571. The quantitative estimate of drug-likeness (QED) is 0.754. The van der Waals surface area contributed by atoms with Gasteiger partial charge in [0.05, 0.1) is 18.8 Å². The van der Waals surface area contributed by atoms with E-state index < -0.39 is 30.1 Å². The van der Waals surface area contributed by atoms with Gasteiger partial charge in [-0.2, -0.15) is 0 Å². The highest BCUT2D eigenvalue weighted by molar-refractivity contribution is 5.23. The van der Waals surface area contributed by atoms with Crippen LogP contribution >= 0.6 is 0 Å². The molecule has 0 aromatic heterocycles. The van der Waals surface area contributed by atoms with Crippen molar-refractivity contribution in [2.45, 2.75) is 39.2 Å². The Bertz CT molecular complexity index is 407. The second kappa shape index (κ2) is 7.52. The largest absolute Gasteiger partial charge is 0.464 e. The van der Waals surface area contributed by atoms with Crippen LogP contribution in [0.4, 0.5) is 8.78 Å². The zero-order valence-corrected chi connectivity index (χ0v) is 11.8. The van der Waals surface area contributed by atoms with Crippen LogP contribution in [0.15, 0.2) is 18.2 Å². The van der Waals surface area contributed by atoms with Crippen molar-refractivity contribution in [3.8, 4) is 5.75 Å². The van der Waals surface area contributed by atoms with E-state index in [0.717, 1.165) is 18.2 Å². The molecule has 20 heavy (non-hydrogen) atoms. The fourth-order valence-corrected chi connectivity index (χ4v) is 1.44. The number of aliphatic hydroxyl groups is 1. The van der Waals surface area contributed by atoms with Crippen molar-refractivity contribution in [2.75, 3.05) is 6.61 Å². The van der Waals surface area contributed by atoms with Crippen molar-refractivity contribution in [3.63, 3.8) is 0 Å². The maximum atomic E-state index is 13.1. The summed E-state index contributed by atoms with van der Waals surface area (Å²) in [5, 5.41) is 9.29. The molecule has 0 amide bonds. The van der Waals surface area contributed by atoms with Gasteiger partial charge in [0.25, 0.3) is 0 Å². The second-order valence-corrected chi connectivity index (χ2v) is 5.07. The Labute approximate surface area is 117 Å². The molecule has 0 spiro atoms. The van der Waals surface area contributed by atoms with E-state index in [1.807, 2.05) is 13.8 Å². The smallest absolute Gasteiger partial charge is 0.202 e. The summed E-state index contributed by atoms with van der Waals surface area (Å²) in [6.07, 6.45) is -1.42. The SMILES string of the molecule is CC(C)C(OCC(N)C(C)O)Oc1cc(F)cc(F)c1. The minimum Gasteiger partial charge on any atom is -0.464 e. The average Bonchev–Trinajstić information content (AvgIpc) is 2.32. The van der Waals surface area contributed by atoms with Crippen LogP contribution in [-0.2, 0) is 4.74 Å². The van der Waals surface area contributed by atoms with Gasteiger partial charge < -0.3 is 20.3 Å². The van der Waals surface area contributed by atoms with Crippen LogP contribution in [0.5, 0.6) is 5.75 Å². The molecule has 0 heterocycles. The van der Waals surface area contributed by atoms with E-state index in [1.165, 1.54) is 0 Å². The molecule has 4 nitrogen and oxygen atoms in total. The topological polar surface area (TPSA) is 64.7 Å². The van der Waals surface area contributed by atoms with Crippen LogP contribution in [0.2, 0.25) is 0 Å². The van der Waals surface area contributed by atoms with Crippen LogP contribution < -0.4 is 10.5 Å². The molecule has 3 N–H and O–H groups in total. The van der Waals surface area contributed by atoms with Crippen molar-refractivity contribution in [2.24, 2.45) is 11.7 Å². The Morgan fingerprint density at radius 1 is 1.15 bits per heavy atom. The first-order chi connectivity index (χ1) is 9.29. The van der Waals surface area contributed by atoms with Crippen LogP contribution in [0.25, 0.3) is 0 Å². The van der Waals surface area contributed by atoms with Gasteiger partial charge in [-0.1, -0.05) is 13.8 Å². The van der Waals surface area contributed by atoms with Gasteiger partial charge in [0.2, 0.25) is 6.29 Å². The molecule has 6 heteroatoms. The second-order valence-electron chi connectivity index (χ2n) is 5.07. The average molecular weight is 289 g/mol.